The minimum absolute atomic E-state index is 0.0738. The number of anilines is 2. The maximum atomic E-state index is 11.9. The van der Waals surface area contributed by atoms with Gasteiger partial charge in [0.2, 0.25) is 5.56 Å². The fraction of sp³-hybridized carbons (Fsp3) is 0.208. The Morgan fingerprint density at radius 3 is 2.36 bits per heavy atom. The third kappa shape index (κ3) is 3.74. The molecule has 9 heteroatoms. The molecular formula is C24H23N5O3S. The molecule has 4 aromatic rings. The Balaban J connectivity index is 1.71. The number of hydrogen-bond acceptors (Lipinski definition) is 6. The molecule has 1 atom stereocenters. The lowest BCUT2D eigenvalue weighted by Crippen LogP contribution is -2.22. The van der Waals surface area contributed by atoms with E-state index in [-0.39, 0.29) is 16.4 Å². The summed E-state index contributed by atoms with van der Waals surface area (Å²) in [4.78, 5) is 16.7. The van der Waals surface area contributed by atoms with Crippen LogP contribution in [0.25, 0.3) is 16.8 Å². The van der Waals surface area contributed by atoms with Gasteiger partial charge < -0.3 is 9.88 Å². The Morgan fingerprint density at radius 2 is 1.70 bits per heavy atom. The average molecular weight is 462 g/mol. The molecule has 0 amide bonds. The van der Waals surface area contributed by atoms with E-state index < -0.39 is 9.84 Å². The van der Waals surface area contributed by atoms with E-state index in [0.29, 0.717) is 6.54 Å². The fourth-order valence-electron chi connectivity index (χ4n) is 4.27. The number of nitrogens with one attached hydrogen (secondary N) is 1. The summed E-state index contributed by atoms with van der Waals surface area (Å²) < 4.78 is 26.0. The highest BCUT2D eigenvalue weighted by Gasteiger charge is 2.28. The molecule has 0 saturated heterocycles. The summed E-state index contributed by atoms with van der Waals surface area (Å²) in [5.41, 5.74) is 4.45. The van der Waals surface area contributed by atoms with E-state index in [1.165, 1.54) is 12.3 Å². The lowest BCUT2D eigenvalue weighted by Gasteiger charge is -2.27. The number of aryl methyl sites for hydroxylation is 1. The van der Waals surface area contributed by atoms with Crippen LogP contribution < -0.4 is 10.5 Å². The smallest absolute Gasteiger partial charge is 0.247 e. The van der Waals surface area contributed by atoms with E-state index in [2.05, 4.69) is 37.6 Å². The average Bonchev–Trinajstić information content (AvgIpc) is 3.12. The summed E-state index contributed by atoms with van der Waals surface area (Å²) in [6.07, 6.45) is 2.90. The van der Waals surface area contributed by atoms with Crippen molar-refractivity contribution in [2.45, 2.75) is 24.7 Å². The van der Waals surface area contributed by atoms with Crippen molar-refractivity contribution in [3.63, 3.8) is 0 Å². The first kappa shape index (κ1) is 21.1. The number of aromatic amines is 1. The molecule has 2 aromatic carbocycles. The highest BCUT2D eigenvalue weighted by Crippen LogP contribution is 2.40. The Hall–Kier alpha value is -3.72. The normalized spacial score (nSPS) is 15.6. The Bertz CT molecular complexity index is 1500. The van der Waals surface area contributed by atoms with E-state index >= 15 is 0 Å². The molecule has 2 aromatic heterocycles. The quantitative estimate of drug-likeness (QED) is 0.500. The summed E-state index contributed by atoms with van der Waals surface area (Å²) in [6.45, 7) is 4.67. The second-order valence-corrected chi connectivity index (χ2v) is 10.4. The molecule has 1 aliphatic heterocycles. The molecule has 5 rings (SSSR count). The van der Waals surface area contributed by atoms with Gasteiger partial charge in [-0.1, -0.05) is 13.0 Å². The van der Waals surface area contributed by atoms with Gasteiger partial charge in [0.05, 0.1) is 16.3 Å². The van der Waals surface area contributed by atoms with Crippen molar-refractivity contribution in [1.29, 1.82) is 0 Å². The first-order valence-corrected chi connectivity index (χ1v) is 12.4. The Morgan fingerprint density at radius 1 is 0.970 bits per heavy atom. The van der Waals surface area contributed by atoms with Crippen LogP contribution in [-0.4, -0.2) is 41.0 Å². The third-order valence-electron chi connectivity index (χ3n) is 5.95. The molecule has 1 N–H and O–H groups in total. The maximum absolute atomic E-state index is 11.9. The molecule has 8 nitrogen and oxygen atoms in total. The van der Waals surface area contributed by atoms with Crippen molar-refractivity contribution in [2.75, 3.05) is 17.7 Å². The van der Waals surface area contributed by atoms with E-state index in [9.17, 15) is 13.2 Å². The van der Waals surface area contributed by atoms with Crippen LogP contribution in [-0.2, 0) is 9.84 Å². The largest absolute Gasteiger partial charge is 0.339 e. The lowest BCUT2D eigenvalue weighted by molar-refractivity contribution is 0.602. The number of aromatic nitrogens is 4. The molecule has 0 spiro atoms. The molecule has 1 unspecified atom stereocenters. The molecule has 0 saturated carbocycles. The highest BCUT2D eigenvalue weighted by molar-refractivity contribution is 7.90. The second kappa shape index (κ2) is 7.70. The van der Waals surface area contributed by atoms with Gasteiger partial charge in [-0.3, -0.25) is 9.36 Å². The minimum Gasteiger partial charge on any atom is -0.339 e. The fourth-order valence-corrected chi connectivity index (χ4v) is 4.90. The zero-order valence-electron chi connectivity index (χ0n) is 18.5. The summed E-state index contributed by atoms with van der Waals surface area (Å²) in [7, 11) is -3.29. The SMILES string of the molecule is Cc1nnc2n1-c1ccc(-c3ccc(=O)[nH]c3)cc1N(c1ccc(S(C)(=O)=O)cc1)CC2C. The Kier molecular flexibility index (Phi) is 4.93. The number of fused-ring (bicyclic) bond motifs is 3. The van der Waals surface area contributed by atoms with Gasteiger partial charge >= 0.3 is 0 Å². The van der Waals surface area contributed by atoms with Gasteiger partial charge in [0.25, 0.3) is 0 Å². The summed E-state index contributed by atoms with van der Waals surface area (Å²) >= 11 is 0. The number of benzene rings is 2. The van der Waals surface area contributed by atoms with E-state index in [1.807, 2.05) is 31.2 Å². The van der Waals surface area contributed by atoms with Crippen LogP contribution in [0, 0.1) is 6.92 Å². The molecule has 0 radical (unpaired) electrons. The van der Waals surface area contributed by atoms with Crippen LogP contribution >= 0.6 is 0 Å². The van der Waals surface area contributed by atoms with Crippen molar-refractivity contribution in [3.8, 4) is 16.8 Å². The van der Waals surface area contributed by atoms with E-state index in [1.54, 1.807) is 24.4 Å². The first-order chi connectivity index (χ1) is 15.7. The predicted octanol–water partition coefficient (Wildman–Crippen LogP) is 3.59. The predicted molar refractivity (Wildman–Crippen MR) is 127 cm³/mol. The lowest BCUT2D eigenvalue weighted by atomic mass is 10.0. The molecule has 0 aliphatic carbocycles. The van der Waals surface area contributed by atoms with Crippen LogP contribution in [0.15, 0.2) is 70.5 Å². The summed E-state index contributed by atoms with van der Waals surface area (Å²) in [6, 6.07) is 16.4. The van der Waals surface area contributed by atoms with Gasteiger partial charge in [-0.2, -0.15) is 0 Å². The zero-order chi connectivity index (χ0) is 23.3. The Labute approximate surface area is 191 Å². The van der Waals surface area contributed by atoms with Crippen LogP contribution in [0.1, 0.15) is 24.5 Å². The van der Waals surface area contributed by atoms with Crippen LogP contribution in [0.3, 0.4) is 0 Å². The number of sulfone groups is 1. The molecule has 1 aliphatic rings. The first-order valence-electron chi connectivity index (χ1n) is 10.6. The molecule has 3 heterocycles. The monoisotopic (exact) mass is 461 g/mol. The van der Waals surface area contributed by atoms with Crippen molar-refractivity contribution in [2.24, 2.45) is 0 Å². The van der Waals surface area contributed by atoms with Crippen LogP contribution in [0.4, 0.5) is 11.4 Å². The highest BCUT2D eigenvalue weighted by atomic mass is 32.2. The van der Waals surface area contributed by atoms with Gasteiger partial charge in [0.1, 0.15) is 11.6 Å². The number of nitrogens with zero attached hydrogens (tertiary/aromatic N) is 4. The molecular weight excluding hydrogens is 438 g/mol. The minimum atomic E-state index is -3.29. The van der Waals surface area contributed by atoms with Gasteiger partial charge in [-0.15, -0.1) is 10.2 Å². The van der Waals surface area contributed by atoms with Crippen molar-refractivity contribution < 1.29 is 8.42 Å². The molecule has 0 fully saturated rings. The van der Waals surface area contributed by atoms with E-state index in [0.717, 1.165) is 39.8 Å². The van der Waals surface area contributed by atoms with E-state index in [4.69, 9.17) is 0 Å². The zero-order valence-corrected chi connectivity index (χ0v) is 19.3. The number of pyridine rings is 1. The van der Waals surface area contributed by atoms with Crippen molar-refractivity contribution in [1.82, 2.24) is 19.7 Å². The number of rotatable bonds is 3. The molecule has 168 valence electrons. The topological polar surface area (TPSA) is 101 Å². The van der Waals surface area contributed by atoms with Crippen molar-refractivity contribution in [3.05, 3.63) is 82.8 Å². The summed E-state index contributed by atoms with van der Waals surface area (Å²) in [5.74, 6) is 1.75. The van der Waals surface area contributed by atoms with Gasteiger partial charge in [-0.25, -0.2) is 8.42 Å². The van der Waals surface area contributed by atoms with Gasteiger partial charge in [-0.05, 0) is 60.5 Å². The van der Waals surface area contributed by atoms with Gasteiger partial charge in [0.15, 0.2) is 9.84 Å². The molecule has 0 bridgehead atoms. The van der Waals surface area contributed by atoms with Crippen LogP contribution in [0.2, 0.25) is 0 Å². The van der Waals surface area contributed by atoms with Crippen LogP contribution in [0.5, 0.6) is 0 Å². The van der Waals surface area contributed by atoms with Gasteiger partial charge in [0, 0.05) is 36.7 Å². The standard InChI is InChI=1S/C24H23N5O3S/c1-15-14-28(19-6-8-20(9-7-19)33(3,31)32)22-12-17(18-5-11-23(30)25-13-18)4-10-21(22)29-16(2)26-27-24(15)29/h4-13,15H,14H2,1-3H3,(H,25,30). The third-order valence-corrected chi connectivity index (χ3v) is 7.08. The number of hydrogen-bond donors (Lipinski definition) is 1. The van der Waals surface area contributed by atoms with Crippen molar-refractivity contribution >= 4 is 21.2 Å². The molecule has 33 heavy (non-hydrogen) atoms. The summed E-state index contributed by atoms with van der Waals surface area (Å²) in [5, 5.41) is 8.73. The second-order valence-electron chi connectivity index (χ2n) is 8.36. The number of H-pyrrole nitrogens is 1. The maximum Gasteiger partial charge on any atom is 0.247 e.